The standard InChI is InChI=1S/C18H15Cl2N3O5/c1-2-28-17(24)18(25)10-22(15-8-5-12(19)9-14(15)20)16(21-18)11-3-6-13(7-4-11)23(26)27/h3-9,25H,2,10H2,1H3. The number of carbonyl (C=O) groups excluding carboxylic acids is 1. The molecule has 2 aromatic rings. The summed E-state index contributed by atoms with van der Waals surface area (Å²) in [5, 5.41) is 22.4. The van der Waals surface area contributed by atoms with Gasteiger partial charge in [-0.25, -0.2) is 9.79 Å². The zero-order chi connectivity index (χ0) is 20.5. The summed E-state index contributed by atoms with van der Waals surface area (Å²) < 4.78 is 4.93. The molecule has 0 radical (unpaired) electrons. The van der Waals surface area contributed by atoms with E-state index < -0.39 is 16.6 Å². The van der Waals surface area contributed by atoms with Gasteiger partial charge < -0.3 is 14.7 Å². The van der Waals surface area contributed by atoms with Crippen molar-refractivity contribution in [3.05, 3.63) is 68.2 Å². The predicted molar refractivity (Wildman–Crippen MR) is 105 cm³/mol. The van der Waals surface area contributed by atoms with Gasteiger partial charge in [0.15, 0.2) is 0 Å². The van der Waals surface area contributed by atoms with E-state index in [0.717, 1.165) is 0 Å². The van der Waals surface area contributed by atoms with E-state index in [2.05, 4.69) is 4.99 Å². The van der Waals surface area contributed by atoms with E-state index in [1.807, 2.05) is 0 Å². The normalized spacial score (nSPS) is 18.7. The van der Waals surface area contributed by atoms with E-state index in [1.165, 1.54) is 35.2 Å². The van der Waals surface area contributed by atoms with Crippen molar-refractivity contribution < 1.29 is 19.6 Å². The molecule has 0 aromatic heterocycles. The Morgan fingerprint density at radius 2 is 2.00 bits per heavy atom. The van der Waals surface area contributed by atoms with E-state index in [9.17, 15) is 20.0 Å². The van der Waals surface area contributed by atoms with Gasteiger partial charge in [0.1, 0.15) is 5.84 Å². The molecular formula is C18H15Cl2N3O5. The van der Waals surface area contributed by atoms with Gasteiger partial charge in [-0.15, -0.1) is 0 Å². The summed E-state index contributed by atoms with van der Waals surface area (Å²) in [6, 6.07) is 10.3. The number of carbonyl (C=O) groups is 1. The summed E-state index contributed by atoms with van der Waals surface area (Å²) in [5.74, 6) is -0.684. The number of ether oxygens (including phenoxy) is 1. The van der Waals surface area contributed by atoms with Gasteiger partial charge in [-0.3, -0.25) is 10.1 Å². The highest BCUT2D eigenvalue weighted by atomic mass is 35.5. The van der Waals surface area contributed by atoms with Crippen molar-refractivity contribution in [3.63, 3.8) is 0 Å². The van der Waals surface area contributed by atoms with Crippen LogP contribution < -0.4 is 4.90 Å². The summed E-state index contributed by atoms with van der Waals surface area (Å²) in [7, 11) is 0. The number of aliphatic hydroxyl groups is 1. The van der Waals surface area contributed by atoms with E-state index in [1.54, 1.807) is 19.1 Å². The van der Waals surface area contributed by atoms with Crippen LogP contribution >= 0.6 is 23.2 Å². The fourth-order valence-corrected chi connectivity index (χ4v) is 3.29. The SMILES string of the molecule is CCOC(=O)C1(O)CN(c2ccc(Cl)cc2Cl)C(c2ccc([N+](=O)[O-])cc2)=N1. The number of non-ortho nitro benzene ring substituents is 1. The number of hydrogen-bond acceptors (Lipinski definition) is 7. The number of halogens is 2. The lowest BCUT2D eigenvalue weighted by Crippen LogP contribution is -2.43. The van der Waals surface area contributed by atoms with Crippen LogP contribution in [0, 0.1) is 10.1 Å². The van der Waals surface area contributed by atoms with E-state index in [4.69, 9.17) is 27.9 Å². The number of anilines is 1. The van der Waals surface area contributed by atoms with Crippen molar-refractivity contribution >= 4 is 46.4 Å². The average Bonchev–Trinajstić information content (AvgIpc) is 3.01. The number of esters is 1. The molecule has 1 aliphatic heterocycles. The van der Waals surface area contributed by atoms with Crippen molar-refractivity contribution in [2.24, 2.45) is 4.99 Å². The Labute approximate surface area is 170 Å². The van der Waals surface area contributed by atoms with Gasteiger partial charge in [-0.2, -0.15) is 0 Å². The maximum Gasteiger partial charge on any atom is 0.363 e. The molecule has 0 saturated carbocycles. The number of amidine groups is 1. The van der Waals surface area contributed by atoms with Crippen molar-refractivity contribution in [1.82, 2.24) is 0 Å². The number of hydrogen-bond donors (Lipinski definition) is 1. The highest BCUT2D eigenvalue weighted by molar-refractivity contribution is 6.37. The molecule has 1 aliphatic rings. The topological polar surface area (TPSA) is 105 Å². The maximum atomic E-state index is 12.3. The molecule has 3 rings (SSSR count). The van der Waals surface area contributed by atoms with Crippen LogP contribution in [0.25, 0.3) is 0 Å². The Balaban J connectivity index is 2.08. The second kappa shape index (κ2) is 7.75. The van der Waals surface area contributed by atoms with Crippen molar-refractivity contribution in [2.75, 3.05) is 18.1 Å². The van der Waals surface area contributed by atoms with Gasteiger partial charge in [0.05, 0.1) is 28.8 Å². The zero-order valence-corrected chi connectivity index (χ0v) is 16.1. The highest BCUT2D eigenvalue weighted by Gasteiger charge is 2.46. The molecular weight excluding hydrogens is 409 g/mol. The summed E-state index contributed by atoms with van der Waals surface area (Å²) in [6.07, 6.45) is 0. The molecule has 1 heterocycles. The minimum absolute atomic E-state index is 0.0746. The van der Waals surface area contributed by atoms with Crippen molar-refractivity contribution in [2.45, 2.75) is 12.6 Å². The smallest absolute Gasteiger partial charge is 0.363 e. The molecule has 1 atom stereocenters. The quantitative estimate of drug-likeness (QED) is 0.448. The molecule has 0 fully saturated rings. The first-order valence-electron chi connectivity index (χ1n) is 8.22. The first kappa shape index (κ1) is 20.1. The number of benzene rings is 2. The molecule has 0 aliphatic carbocycles. The third-order valence-electron chi connectivity index (χ3n) is 4.06. The van der Waals surface area contributed by atoms with E-state index >= 15 is 0 Å². The van der Waals surface area contributed by atoms with Gasteiger partial charge in [0.2, 0.25) is 0 Å². The van der Waals surface area contributed by atoms with E-state index in [-0.39, 0.29) is 29.7 Å². The van der Waals surface area contributed by atoms with Crippen LogP contribution in [-0.4, -0.2) is 40.7 Å². The minimum atomic E-state index is -2.14. The minimum Gasteiger partial charge on any atom is -0.462 e. The van der Waals surface area contributed by atoms with Crippen LogP contribution in [0.15, 0.2) is 47.5 Å². The molecule has 8 nitrogen and oxygen atoms in total. The average molecular weight is 424 g/mol. The van der Waals surface area contributed by atoms with Gasteiger partial charge in [0.25, 0.3) is 11.4 Å². The van der Waals surface area contributed by atoms with Crippen LogP contribution in [0.4, 0.5) is 11.4 Å². The monoisotopic (exact) mass is 423 g/mol. The lowest BCUT2D eigenvalue weighted by Gasteiger charge is -2.24. The number of nitro benzene ring substituents is 1. The Hall–Kier alpha value is -2.68. The molecule has 1 N–H and O–H groups in total. The Kier molecular flexibility index (Phi) is 5.55. The fourth-order valence-electron chi connectivity index (χ4n) is 2.78. The van der Waals surface area contributed by atoms with Gasteiger partial charge in [0, 0.05) is 22.7 Å². The molecule has 10 heteroatoms. The number of nitro groups is 1. The van der Waals surface area contributed by atoms with Crippen LogP contribution in [0.5, 0.6) is 0 Å². The lowest BCUT2D eigenvalue weighted by atomic mass is 10.1. The maximum absolute atomic E-state index is 12.3. The molecule has 2 aromatic carbocycles. The second-order valence-corrected chi connectivity index (χ2v) is 6.80. The van der Waals surface area contributed by atoms with Crippen molar-refractivity contribution in [3.8, 4) is 0 Å². The Bertz CT molecular complexity index is 964. The molecule has 0 amide bonds. The van der Waals surface area contributed by atoms with E-state index in [0.29, 0.717) is 16.3 Å². The number of nitrogens with zero attached hydrogens (tertiary/aromatic N) is 3. The summed E-state index contributed by atoms with van der Waals surface area (Å²) in [5.41, 5.74) is -1.32. The predicted octanol–water partition coefficient (Wildman–Crippen LogP) is 3.42. The Morgan fingerprint density at radius 1 is 1.32 bits per heavy atom. The molecule has 0 bridgehead atoms. The van der Waals surface area contributed by atoms with Crippen molar-refractivity contribution in [1.29, 1.82) is 0 Å². The third kappa shape index (κ3) is 3.80. The lowest BCUT2D eigenvalue weighted by molar-refractivity contribution is -0.384. The second-order valence-electron chi connectivity index (χ2n) is 5.96. The number of rotatable bonds is 5. The fraction of sp³-hybridized carbons (Fsp3) is 0.222. The van der Waals surface area contributed by atoms with Crippen LogP contribution in [0.1, 0.15) is 12.5 Å². The van der Waals surface area contributed by atoms with Gasteiger partial charge in [-0.05, 0) is 37.3 Å². The first-order chi connectivity index (χ1) is 13.2. The largest absolute Gasteiger partial charge is 0.462 e. The molecule has 0 saturated heterocycles. The van der Waals surface area contributed by atoms with Gasteiger partial charge in [-0.1, -0.05) is 23.2 Å². The molecule has 1 unspecified atom stereocenters. The zero-order valence-electron chi connectivity index (χ0n) is 14.6. The van der Waals surface area contributed by atoms with Crippen LogP contribution in [0.3, 0.4) is 0 Å². The third-order valence-corrected chi connectivity index (χ3v) is 4.60. The first-order valence-corrected chi connectivity index (χ1v) is 8.97. The Morgan fingerprint density at radius 3 is 2.57 bits per heavy atom. The number of β-amino-alcohol motifs (C(OH)–C–C–N with tert-alkyl or cyclic N) is 1. The summed E-state index contributed by atoms with van der Waals surface area (Å²) >= 11 is 12.2. The molecule has 0 spiro atoms. The van der Waals surface area contributed by atoms with Gasteiger partial charge >= 0.3 is 5.97 Å². The molecule has 28 heavy (non-hydrogen) atoms. The number of aliphatic imine (C=N–C) groups is 1. The highest BCUT2D eigenvalue weighted by Crippen LogP contribution is 2.35. The summed E-state index contributed by atoms with van der Waals surface area (Å²) in [6.45, 7) is 1.45. The van der Waals surface area contributed by atoms with Crippen LogP contribution in [0.2, 0.25) is 10.0 Å². The summed E-state index contributed by atoms with van der Waals surface area (Å²) in [4.78, 5) is 28.3. The molecule has 146 valence electrons. The van der Waals surface area contributed by atoms with Crippen LogP contribution in [-0.2, 0) is 9.53 Å².